The zero-order chi connectivity index (χ0) is 13.2. The van der Waals surface area contributed by atoms with Crippen LogP contribution in [-0.2, 0) is 13.6 Å². The predicted molar refractivity (Wildman–Crippen MR) is 60.9 cm³/mol. The quantitative estimate of drug-likeness (QED) is 0.883. The SMILES string of the molecule is Cn1cncc1CN[C@H]1CCN(CC(F)(F)F)C1. The fourth-order valence-corrected chi connectivity index (χ4v) is 2.20. The maximum absolute atomic E-state index is 12.2. The molecule has 102 valence electrons. The summed E-state index contributed by atoms with van der Waals surface area (Å²) in [5.41, 5.74) is 1.03. The highest BCUT2D eigenvalue weighted by Crippen LogP contribution is 2.20. The molecule has 1 N–H and O–H groups in total. The Labute approximate surface area is 104 Å². The van der Waals surface area contributed by atoms with Crippen LogP contribution in [0.4, 0.5) is 13.2 Å². The Bertz CT molecular complexity index is 388. The lowest BCUT2D eigenvalue weighted by molar-refractivity contribution is -0.143. The van der Waals surface area contributed by atoms with E-state index in [9.17, 15) is 13.2 Å². The Balaban J connectivity index is 1.75. The van der Waals surface area contributed by atoms with Crippen LogP contribution in [-0.4, -0.2) is 46.3 Å². The molecule has 0 amide bonds. The van der Waals surface area contributed by atoms with Crippen LogP contribution in [0.3, 0.4) is 0 Å². The summed E-state index contributed by atoms with van der Waals surface area (Å²) in [6.45, 7) is 0.790. The zero-order valence-electron chi connectivity index (χ0n) is 10.2. The molecule has 1 saturated heterocycles. The molecule has 1 fully saturated rings. The van der Waals surface area contributed by atoms with Crippen molar-refractivity contribution in [2.75, 3.05) is 19.6 Å². The lowest BCUT2D eigenvalue weighted by atomic mass is 10.2. The van der Waals surface area contributed by atoms with E-state index in [0.717, 1.165) is 12.1 Å². The highest BCUT2D eigenvalue weighted by molar-refractivity contribution is 4.97. The molecule has 0 bridgehead atoms. The number of rotatable bonds is 4. The van der Waals surface area contributed by atoms with Crippen molar-refractivity contribution in [3.8, 4) is 0 Å². The summed E-state index contributed by atoms with van der Waals surface area (Å²) in [7, 11) is 1.90. The first-order valence-electron chi connectivity index (χ1n) is 5.92. The summed E-state index contributed by atoms with van der Waals surface area (Å²) in [6, 6.07) is 0.127. The van der Waals surface area contributed by atoms with Crippen LogP contribution < -0.4 is 5.32 Å². The van der Waals surface area contributed by atoms with Gasteiger partial charge < -0.3 is 9.88 Å². The van der Waals surface area contributed by atoms with Crippen molar-refractivity contribution >= 4 is 0 Å². The number of halogens is 3. The molecule has 7 heteroatoms. The number of nitrogens with zero attached hydrogens (tertiary/aromatic N) is 3. The largest absolute Gasteiger partial charge is 0.401 e. The molecule has 0 radical (unpaired) electrons. The number of hydrogen-bond donors (Lipinski definition) is 1. The van der Waals surface area contributed by atoms with E-state index < -0.39 is 12.7 Å². The van der Waals surface area contributed by atoms with Gasteiger partial charge in [0, 0.05) is 38.9 Å². The topological polar surface area (TPSA) is 33.1 Å². The average molecular weight is 262 g/mol. The summed E-state index contributed by atoms with van der Waals surface area (Å²) >= 11 is 0. The van der Waals surface area contributed by atoms with Gasteiger partial charge in [0.1, 0.15) is 0 Å². The van der Waals surface area contributed by atoms with Crippen LogP contribution in [0.5, 0.6) is 0 Å². The lowest BCUT2D eigenvalue weighted by Crippen LogP contribution is -2.36. The molecular weight excluding hydrogens is 245 g/mol. The van der Waals surface area contributed by atoms with Gasteiger partial charge in [-0.2, -0.15) is 13.2 Å². The summed E-state index contributed by atoms with van der Waals surface area (Å²) in [5, 5.41) is 3.27. The Morgan fingerprint density at radius 3 is 2.89 bits per heavy atom. The molecule has 1 atom stereocenters. The van der Waals surface area contributed by atoms with Crippen LogP contribution in [0.1, 0.15) is 12.1 Å². The third kappa shape index (κ3) is 3.71. The minimum Gasteiger partial charge on any atom is -0.337 e. The van der Waals surface area contributed by atoms with E-state index in [1.54, 1.807) is 12.5 Å². The average Bonchev–Trinajstić information content (AvgIpc) is 2.82. The third-order valence-corrected chi connectivity index (χ3v) is 3.16. The molecule has 0 saturated carbocycles. The Morgan fingerprint density at radius 2 is 2.28 bits per heavy atom. The van der Waals surface area contributed by atoms with E-state index in [0.29, 0.717) is 19.6 Å². The maximum atomic E-state index is 12.2. The van der Waals surface area contributed by atoms with Crippen LogP contribution in [0.15, 0.2) is 12.5 Å². The van der Waals surface area contributed by atoms with Gasteiger partial charge >= 0.3 is 6.18 Å². The summed E-state index contributed by atoms with van der Waals surface area (Å²) in [6.07, 6.45) is 0.127. The number of nitrogens with one attached hydrogen (secondary N) is 1. The molecule has 0 unspecified atom stereocenters. The molecule has 0 aromatic carbocycles. The first-order chi connectivity index (χ1) is 8.44. The molecule has 1 aliphatic rings. The lowest BCUT2D eigenvalue weighted by Gasteiger charge is -2.18. The molecule has 0 spiro atoms. The predicted octanol–water partition coefficient (Wildman–Crippen LogP) is 1.15. The van der Waals surface area contributed by atoms with Gasteiger partial charge in [-0.3, -0.25) is 4.90 Å². The second-order valence-electron chi connectivity index (χ2n) is 4.71. The number of hydrogen-bond acceptors (Lipinski definition) is 3. The molecule has 18 heavy (non-hydrogen) atoms. The molecule has 0 aliphatic carbocycles. The summed E-state index contributed by atoms with van der Waals surface area (Å²) in [5.74, 6) is 0. The highest BCUT2D eigenvalue weighted by Gasteiger charge is 2.34. The number of alkyl halides is 3. The second kappa shape index (κ2) is 5.27. The monoisotopic (exact) mass is 262 g/mol. The summed E-state index contributed by atoms with van der Waals surface area (Å²) < 4.78 is 38.6. The van der Waals surface area contributed by atoms with Crippen molar-refractivity contribution in [2.24, 2.45) is 7.05 Å². The van der Waals surface area contributed by atoms with Gasteiger partial charge in [-0.25, -0.2) is 4.98 Å². The van der Waals surface area contributed by atoms with E-state index in [-0.39, 0.29) is 6.04 Å². The van der Waals surface area contributed by atoms with Gasteiger partial charge in [0.2, 0.25) is 0 Å². The van der Waals surface area contributed by atoms with Crippen molar-refractivity contribution in [1.29, 1.82) is 0 Å². The smallest absolute Gasteiger partial charge is 0.337 e. The van der Waals surface area contributed by atoms with Crippen molar-refractivity contribution in [1.82, 2.24) is 19.8 Å². The normalized spacial score (nSPS) is 21.7. The van der Waals surface area contributed by atoms with E-state index in [1.807, 2.05) is 11.6 Å². The van der Waals surface area contributed by atoms with Crippen LogP contribution in [0, 0.1) is 0 Å². The molecule has 4 nitrogen and oxygen atoms in total. The van der Waals surface area contributed by atoms with Gasteiger partial charge in [0.15, 0.2) is 0 Å². The molecular formula is C11H17F3N4. The van der Waals surface area contributed by atoms with Crippen molar-refractivity contribution in [2.45, 2.75) is 25.2 Å². The first-order valence-corrected chi connectivity index (χ1v) is 5.92. The number of likely N-dealkylation sites (tertiary alicyclic amines) is 1. The van der Waals surface area contributed by atoms with Crippen LogP contribution >= 0.6 is 0 Å². The van der Waals surface area contributed by atoms with Crippen molar-refractivity contribution in [3.05, 3.63) is 18.2 Å². The first kappa shape index (κ1) is 13.4. The molecule has 2 heterocycles. The standard InChI is InChI=1S/C11H17F3N4/c1-17-8-15-4-10(17)5-16-9-2-3-18(6-9)7-11(12,13)14/h4,8-9,16H,2-3,5-7H2,1H3/t9-/m0/s1. The molecule has 1 aromatic rings. The van der Waals surface area contributed by atoms with Crippen molar-refractivity contribution < 1.29 is 13.2 Å². The number of imidazole rings is 1. The highest BCUT2D eigenvalue weighted by atomic mass is 19.4. The number of aromatic nitrogens is 2. The number of aryl methyl sites for hydroxylation is 1. The van der Waals surface area contributed by atoms with E-state index >= 15 is 0 Å². The fourth-order valence-electron chi connectivity index (χ4n) is 2.20. The Morgan fingerprint density at radius 1 is 1.50 bits per heavy atom. The Hall–Kier alpha value is -1.08. The van der Waals surface area contributed by atoms with E-state index in [4.69, 9.17) is 0 Å². The van der Waals surface area contributed by atoms with Crippen LogP contribution in [0.25, 0.3) is 0 Å². The maximum Gasteiger partial charge on any atom is 0.401 e. The van der Waals surface area contributed by atoms with Crippen molar-refractivity contribution in [3.63, 3.8) is 0 Å². The van der Waals surface area contributed by atoms with Gasteiger partial charge in [0.25, 0.3) is 0 Å². The minimum atomic E-state index is -4.10. The zero-order valence-corrected chi connectivity index (χ0v) is 10.2. The molecule has 1 aromatic heterocycles. The van der Waals surface area contributed by atoms with E-state index in [1.165, 1.54) is 4.90 Å². The summed E-state index contributed by atoms with van der Waals surface area (Å²) in [4.78, 5) is 5.44. The van der Waals surface area contributed by atoms with Gasteiger partial charge in [0.05, 0.1) is 18.6 Å². The van der Waals surface area contributed by atoms with Gasteiger partial charge in [-0.1, -0.05) is 0 Å². The van der Waals surface area contributed by atoms with E-state index in [2.05, 4.69) is 10.3 Å². The van der Waals surface area contributed by atoms with Crippen LogP contribution in [0.2, 0.25) is 0 Å². The molecule has 2 rings (SSSR count). The minimum absolute atomic E-state index is 0.127. The molecule has 1 aliphatic heterocycles. The Kier molecular flexibility index (Phi) is 3.91. The fraction of sp³-hybridized carbons (Fsp3) is 0.727. The van der Waals surface area contributed by atoms with Gasteiger partial charge in [-0.15, -0.1) is 0 Å². The van der Waals surface area contributed by atoms with Gasteiger partial charge in [-0.05, 0) is 6.42 Å². The third-order valence-electron chi connectivity index (χ3n) is 3.16. The second-order valence-corrected chi connectivity index (χ2v) is 4.71.